The van der Waals surface area contributed by atoms with Crippen LogP contribution < -0.4 is 57.6 Å². The Morgan fingerprint density at radius 2 is 1.17 bits per heavy atom. The van der Waals surface area contributed by atoms with E-state index in [0.29, 0.717) is 11.4 Å². The summed E-state index contributed by atoms with van der Waals surface area (Å²) in [5.41, 5.74) is 1.37. The predicted octanol–water partition coefficient (Wildman–Crippen LogP) is -0.847. The third-order valence-corrected chi connectivity index (χ3v) is 7.28. The van der Waals surface area contributed by atoms with Gasteiger partial charge in [-0.1, -0.05) is 12.1 Å². The topological polar surface area (TPSA) is 227 Å². The van der Waals surface area contributed by atoms with Crippen molar-refractivity contribution in [3.05, 3.63) is 84.9 Å². The molecule has 2 N–H and O–H groups in total. The summed E-state index contributed by atoms with van der Waals surface area (Å²) < 4.78 is 76.2. The molecule has 0 saturated heterocycles. The molecule has 4 aromatic carbocycles. The normalized spacial score (nSPS) is 12.0. The van der Waals surface area contributed by atoms with Crippen LogP contribution in [0, 0.1) is 0 Å². The van der Waals surface area contributed by atoms with Crippen molar-refractivity contribution in [2.75, 3.05) is 19.5 Å². The van der Waals surface area contributed by atoms with Crippen molar-refractivity contribution in [1.82, 2.24) is 0 Å². The molecular formula is C27H22Li2N6O9S2. The maximum atomic E-state index is 12.7. The fourth-order valence-electron chi connectivity index (χ4n) is 3.56. The van der Waals surface area contributed by atoms with Gasteiger partial charge in [0.2, 0.25) is 0 Å². The van der Waals surface area contributed by atoms with Gasteiger partial charge in [0.1, 0.15) is 27.3 Å². The average Bonchev–Trinajstić information content (AvgIpc) is 2.99. The standard InChI is InChI=1S/C27H24N6O9S2.2Li/c1-41-25-15-19(32-30-17-5-3-7-21(13-17)43(35,36)37)9-11-23(25)28-27(34)29-24-12-10-20(16-26(24)42-2)33-31-18-6-4-8-22(14-18)44(38,39)40;;/h3-16H,1-2H3,(H2,28,29,34)(H,35,36,37)(H,38,39,40);;/q;2*+1/p-2. The van der Waals surface area contributed by atoms with Crippen molar-refractivity contribution in [2.45, 2.75) is 9.79 Å². The van der Waals surface area contributed by atoms with E-state index in [1.165, 1.54) is 80.9 Å². The monoisotopic (exact) mass is 652 g/mol. The molecule has 228 valence electrons. The van der Waals surface area contributed by atoms with Crippen molar-refractivity contribution >= 4 is 60.4 Å². The number of benzene rings is 4. The Hall–Kier alpha value is -4.04. The molecule has 15 nitrogen and oxygen atoms in total. The third kappa shape index (κ3) is 10.5. The molecule has 0 aliphatic carbocycles. The van der Waals surface area contributed by atoms with Crippen LogP contribution in [0.4, 0.5) is 34.1 Å². The fraction of sp³-hybridized carbons (Fsp3) is 0.0741. The summed E-state index contributed by atoms with van der Waals surface area (Å²) in [5.74, 6) is 0.418. The number of methoxy groups -OCH3 is 2. The second-order valence-corrected chi connectivity index (χ2v) is 11.4. The zero-order chi connectivity index (χ0) is 31.9. The number of ether oxygens (including phenoxy) is 2. The Morgan fingerprint density at radius 1 is 0.696 bits per heavy atom. The molecule has 0 fully saturated rings. The largest absolute Gasteiger partial charge is 1.00 e. The first-order valence-electron chi connectivity index (χ1n) is 12.2. The van der Waals surface area contributed by atoms with E-state index in [4.69, 9.17) is 9.47 Å². The molecule has 0 aliphatic heterocycles. The summed E-state index contributed by atoms with van der Waals surface area (Å²) in [6.45, 7) is 0. The van der Waals surface area contributed by atoms with Gasteiger partial charge in [0.05, 0.1) is 58.5 Å². The average molecular weight is 653 g/mol. The minimum atomic E-state index is -4.65. The number of anilines is 1. The first-order valence-corrected chi connectivity index (χ1v) is 15.1. The molecule has 0 bridgehead atoms. The van der Waals surface area contributed by atoms with E-state index in [1.807, 2.05) is 0 Å². The number of azo groups is 2. The summed E-state index contributed by atoms with van der Waals surface area (Å²) >= 11 is 0. The number of nitrogens with one attached hydrogen (secondary N) is 1. The fourth-order valence-corrected chi connectivity index (χ4v) is 4.59. The van der Waals surface area contributed by atoms with Crippen LogP contribution in [0.25, 0.3) is 0 Å². The molecule has 0 unspecified atom stereocenters. The molecule has 0 heterocycles. The number of rotatable bonds is 10. The van der Waals surface area contributed by atoms with Crippen LogP contribution in [0.15, 0.2) is 120 Å². The smallest absolute Gasteiger partial charge is 0.846 e. The first-order chi connectivity index (χ1) is 20.9. The first kappa shape index (κ1) is 38.1. The molecule has 46 heavy (non-hydrogen) atoms. The second-order valence-electron chi connectivity index (χ2n) is 8.61. The Bertz CT molecular complexity index is 2010. The van der Waals surface area contributed by atoms with E-state index in [-0.39, 0.29) is 76.9 Å². The van der Waals surface area contributed by atoms with Gasteiger partial charge in [0.25, 0.3) is 10.1 Å². The zero-order valence-electron chi connectivity index (χ0n) is 24.8. The Morgan fingerprint density at radius 3 is 1.70 bits per heavy atom. The van der Waals surface area contributed by atoms with Crippen molar-refractivity contribution < 1.29 is 78.2 Å². The number of aliphatic imine (C=N–C) groups is 1. The van der Waals surface area contributed by atoms with Gasteiger partial charge < -0.3 is 24.4 Å². The number of nitrogens with zero attached hydrogens (tertiary/aromatic N) is 5. The number of amidine groups is 1. The molecule has 19 heteroatoms. The van der Waals surface area contributed by atoms with E-state index >= 15 is 0 Å². The van der Waals surface area contributed by atoms with Gasteiger partial charge in [0, 0.05) is 12.1 Å². The van der Waals surface area contributed by atoms with Crippen LogP contribution in [-0.4, -0.2) is 46.2 Å². The molecule has 0 spiro atoms. The van der Waals surface area contributed by atoms with E-state index in [0.717, 1.165) is 18.2 Å². The molecule has 0 saturated carbocycles. The molecule has 4 rings (SSSR count). The Kier molecular flexibility index (Phi) is 13.7. The van der Waals surface area contributed by atoms with E-state index in [9.17, 15) is 31.0 Å². The molecule has 4 aromatic rings. The summed E-state index contributed by atoms with van der Waals surface area (Å²) in [5, 5.41) is 31.3. The summed E-state index contributed by atoms with van der Waals surface area (Å²) in [6.07, 6.45) is 0. The predicted molar refractivity (Wildman–Crippen MR) is 156 cm³/mol. The summed E-state index contributed by atoms with van der Waals surface area (Å²) in [7, 11) is -6.30. The van der Waals surface area contributed by atoms with Crippen LogP contribution in [-0.2, 0) is 20.2 Å². The van der Waals surface area contributed by atoms with Crippen LogP contribution >= 0.6 is 0 Å². The van der Waals surface area contributed by atoms with Gasteiger partial charge in [-0.2, -0.15) is 28.9 Å². The van der Waals surface area contributed by atoms with Gasteiger partial charge in [-0.3, -0.25) is 4.55 Å². The van der Waals surface area contributed by atoms with Crippen molar-refractivity contribution in [3.8, 4) is 11.5 Å². The molecule has 0 aromatic heterocycles. The van der Waals surface area contributed by atoms with Crippen molar-refractivity contribution in [2.24, 2.45) is 25.4 Å². The zero-order valence-corrected chi connectivity index (χ0v) is 26.5. The number of hydrogen-bond donors (Lipinski definition) is 2. The van der Waals surface area contributed by atoms with E-state index in [1.54, 1.807) is 0 Å². The van der Waals surface area contributed by atoms with Gasteiger partial charge in [-0.25, -0.2) is 13.4 Å². The van der Waals surface area contributed by atoms with Crippen LogP contribution in [0.3, 0.4) is 0 Å². The molecular weight excluding hydrogens is 630 g/mol. The molecule has 0 aliphatic rings. The maximum Gasteiger partial charge on any atom is 1.00 e. The molecule has 0 atom stereocenters. The Labute approximate surface area is 288 Å². The van der Waals surface area contributed by atoms with Crippen molar-refractivity contribution in [1.29, 1.82) is 0 Å². The van der Waals surface area contributed by atoms with E-state index < -0.39 is 31.2 Å². The molecule has 0 amide bonds. The van der Waals surface area contributed by atoms with Crippen LogP contribution in [0.5, 0.6) is 11.5 Å². The quantitative estimate of drug-likeness (QED) is 0.0709. The summed E-state index contributed by atoms with van der Waals surface area (Å²) in [4.78, 5) is 3.24. The third-order valence-electron chi connectivity index (χ3n) is 5.60. The van der Waals surface area contributed by atoms with Gasteiger partial charge >= 0.3 is 37.7 Å². The van der Waals surface area contributed by atoms with Crippen LogP contribution in [0.2, 0.25) is 0 Å². The minimum Gasteiger partial charge on any atom is -0.846 e. The number of hydrogen-bond acceptors (Lipinski definition) is 13. The van der Waals surface area contributed by atoms with Gasteiger partial charge in [0.15, 0.2) is 0 Å². The minimum absolute atomic E-state index is 0. The van der Waals surface area contributed by atoms with Crippen molar-refractivity contribution in [3.63, 3.8) is 0 Å². The van der Waals surface area contributed by atoms with Gasteiger partial charge in [-0.15, -0.1) is 0 Å². The maximum absolute atomic E-state index is 12.7. The van der Waals surface area contributed by atoms with Gasteiger partial charge in [-0.05, 0) is 60.7 Å². The second kappa shape index (κ2) is 16.5. The summed E-state index contributed by atoms with van der Waals surface area (Å²) in [6, 6.07) is 18.5. The Balaban J connectivity index is 0.00000368. The SMILES string of the molecule is COc1cc(N=Nc2cccc(S(=O)(=O)[O-])c2)ccc1N=C([O-])Nc1ccc(N=Nc2cccc(S(=O)(=O)O)c2)cc1OC.[Li+].[Li+]. The van der Waals surface area contributed by atoms with Crippen LogP contribution in [0.1, 0.15) is 0 Å². The van der Waals surface area contributed by atoms with E-state index in [2.05, 4.69) is 30.8 Å². The molecule has 0 radical (unpaired) electrons.